The molecule has 0 spiro atoms. The molecule has 2 nitrogen and oxygen atoms in total. The van der Waals surface area contributed by atoms with Gasteiger partial charge in [0.25, 0.3) is 0 Å². The number of aryl methyl sites for hydroxylation is 1. The molecule has 0 atom stereocenters. The van der Waals surface area contributed by atoms with Crippen LogP contribution >= 0.6 is 11.3 Å². The molecular formula is C14H12N2S. The number of fused-ring (bicyclic) bond motifs is 1. The highest BCUT2D eigenvalue weighted by molar-refractivity contribution is 7.18. The number of benzene rings is 2. The molecule has 17 heavy (non-hydrogen) atoms. The van der Waals surface area contributed by atoms with Crippen LogP contribution in [0.15, 0.2) is 48.5 Å². The molecule has 0 bridgehead atoms. The highest BCUT2D eigenvalue weighted by atomic mass is 32.1. The summed E-state index contributed by atoms with van der Waals surface area (Å²) in [5.74, 6) is 0. The Balaban J connectivity index is 1.95. The molecule has 84 valence electrons. The van der Waals surface area contributed by atoms with Crippen LogP contribution in [0.2, 0.25) is 0 Å². The predicted molar refractivity (Wildman–Crippen MR) is 74.1 cm³/mol. The third-order valence-electron chi connectivity index (χ3n) is 2.56. The van der Waals surface area contributed by atoms with Crippen molar-refractivity contribution in [1.29, 1.82) is 0 Å². The fraction of sp³-hybridized carbons (Fsp3) is 0.0714. The molecule has 1 aromatic heterocycles. The van der Waals surface area contributed by atoms with E-state index >= 15 is 0 Å². The van der Waals surface area contributed by atoms with Crippen LogP contribution in [0.1, 0.15) is 5.01 Å². The van der Waals surface area contributed by atoms with Crippen LogP contribution in [-0.2, 0) is 0 Å². The number of hydrogen-bond donors (Lipinski definition) is 1. The van der Waals surface area contributed by atoms with E-state index in [-0.39, 0.29) is 0 Å². The van der Waals surface area contributed by atoms with Crippen LogP contribution in [0.4, 0.5) is 11.4 Å². The Morgan fingerprint density at radius 1 is 1.00 bits per heavy atom. The lowest BCUT2D eigenvalue weighted by molar-refractivity contribution is 1.35. The van der Waals surface area contributed by atoms with Crippen molar-refractivity contribution >= 4 is 32.9 Å². The first-order valence-electron chi connectivity index (χ1n) is 5.50. The van der Waals surface area contributed by atoms with E-state index in [9.17, 15) is 0 Å². The Bertz CT molecular complexity index is 644. The van der Waals surface area contributed by atoms with Gasteiger partial charge >= 0.3 is 0 Å². The molecule has 0 amide bonds. The van der Waals surface area contributed by atoms with E-state index in [2.05, 4.69) is 40.6 Å². The largest absolute Gasteiger partial charge is 0.355 e. The van der Waals surface area contributed by atoms with Crippen molar-refractivity contribution in [2.45, 2.75) is 6.92 Å². The van der Waals surface area contributed by atoms with Crippen molar-refractivity contribution in [2.75, 3.05) is 5.32 Å². The van der Waals surface area contributed by atoms with E-state index in [1.165, 1.54) is 4.70 Å². The lowest BCUT2D eigenvalue weighted by Crippen LogP contribution is -1.88. The minimum atomic E-state index is 1.06. The van der Waals surface area contributed by atoms with Gasteiger partial charge in [-0.05, 0) is 37.3 Å². The standard InChI is InChI=1S/C14H12N2S/c1-10-15-13-9-12(7-8-14(13)17-10)16-11-5-3-2-4-6-11/h2-9,16H,1H3. The average molecular weight is 240 g/mol. The molecule has 2 aromatic carbocycles. The molecule has 0 saturated heterocycles. The molecule has 3 aromatic rings. The second-order valence-electron chi connectivity index (χ2n) is 3.91. The zero-order valence-electron chi connectivity index (χ0n) is 9.47. The number of anilines is 2. The lowest BCUT2D eigenvalue weighted by Gasteiger charge is -2.05. The Morgan fingerprint density at radius 2 is 1.82 bits per heavy atom. The summed E-state index contributed by atoms with van der Waals surface area (Å²) in [6.45, 7) is 2.04. The predicted octanol–water partition coefficient (Wildman–Crippen LogP) is 4.35. The van der Waals surface area contributed by atoms with Crippen molar-refractivity contribution in [3.63, 3.8) is 0 Å². The first kappa shape index (κ1) is 10.3. The van der Waals surface area contributed by atoms with Crippen molar-refractivity contribution in [3.05, 3.63) is 53.5 Å². The molecule has 0 aliphatic heterocycles. The Hall–Kier alpha value is -1.87. The average Bonchev–Trinajstić information content (AvgIpc) is 2.70. The van der Waals surface area contributed by atoms with Crippen molar-refractivity contribution < 1.29 is 0 Å². The van der Waals surface area contributed by atoms with Crippen molar-refractivity contribution in [2.24, 2.45) is 0 Å². The first-order valence-corrected chi connectivity index (χ1v) is 6.32. The summed E-state index contributed by atoms with van der Waals surface area (Å²) < 4.78 is 1.24. The van der Waals surface area contributed by atoms with Gasteiger partial charge in [0, 0.05) is 11.4 Å². The Labute approximate surface area is 104 Å². The zero-order valence-corrected chi connectivity index (χ0v) is 10.3. The third-order valence-corrected chi connectivity index (χ3v) is 3.51. The van der Waals surface area contributed by atoms with Crippen LogP contribution in [0.25, 0.3) is 10.2 Å². The number of aromatic nitrogens is 1. The number of thiazole rings is 1. The van der Waals surface area contributed by atoms with Gasteiger partial charge in [-0.15, -0.1) is 11.3 Å². The van der Waals surface area contributed by atoms with Crippen LogP contribution < -0.4 is 5.32 Å². The minimum absolute atomic E-state index is 1.06. The third kappa shape index (κ3) is 2.15. The van der Waals surface area contributed by atoms with Gasteiger partial charge in [-0.1, -0.05) is 18.2 Å². The highest BCUT2D eigenvalue weighted by Gasteiger charge is 2.01. The van der Waals surface area contributed by atoms with Crippen LogP contribution in [0.3, 0.4) is 0 Å². The van der Waals surface area contributed by atoms with Gasteiger partial charge in [0.05, 0.1) is 15.2 Å². The van der Waals surface area contributed by atoms with Gasteiger partial charge in [0.2, 0.25) is 0 Å². The molecule has 3 heteroatoms. The summed E-state index contributed by atoms with van der Waals surface area (Å²) in [6.07, 6.45) is 0. The number of hydrogen-bond acceptors (Lipinski definition) is 3. The smallest absolute Gasteiger partial charge is 0.0907 e. The van der Waals surface area contributed by atoms with Crippen LogP contribution in [-0.4, -0.2) is 4.98 Å². The summed E-state index contributed by atoms with van der Waals surface area (Å²) >= 11 is 1.73. The molecule has 3 rings (SSSR count). The minimum Gasteiger partial charge on any atom is -0.355 e. The molecule has 0 radical (unpaired) electrons. The SMILES string of the molecule is Cc1nc2cc(Nc3ccccc3)ccc2s1. The number of rotatable bonds is 2. The summed E-state index contributed by atoms with van der Waals surface area (Å²) in [4.78, 5) is 4.49. The van der Waals surface area contributed by atoms with E-state index in [0.717, 1.165) is 21.9 Å². The summed E-state index contributed by atoms with van der Waals surface area (Å²) in [5, 5.41) is 4.48. The Kier molecular flexibility index (Phi) is 2.53. The molecule has 0 fully saturated rings. The quantitative estimate of drug-likeness (QED) is 0.720. The highest BCUT2D eigenvalue weighted by Crippen LogP contribution is 2.25. The molecule has 0 saturated carbocycles. The van der Waals surface area contributed by atoms with Crippen molar-refractivity contribution in [3.8, 4) is 0 Å². The number of nitrogens with one attached hydrogen (secondary N) is 1. The monoisotopic (exact) mass is 240 g/mol. The van der Waals surface area contributed by atoms with E-state index in [4.69, 9.17) is 0 Å². The van der Waals surface area contributed by atoms with E-state index < -0.39 is 0 Å². The first-order chi connectivity index (χ1) is 8.31. The van der Waals surface area contributed by atoms with E-state index in [0.29, 0.717) is 0 Å². The molecule has 0 aliphatic rings. The lowest BCUT2D eigenvalue weighted by atomic mass is 10.2. The van der Waals surface area contributed by atoms with Gasteiger partial charge < -0.3 is 5.32 Å². The van der Waals surface area contributed by atoms with Crippen LogP contribution in [0, 0.1) is 6.92 Å². The maximum absolute atomic E-state index is 4.49. The molecule has 1 heterocycles. The second-order valence-corrected chi connectivity index (χ2v) is 5.14. The van der Waals surface area contributed by atoms with Crippen molar-refractivity contribution in [1.82, 2.24) is 4.98 Å². The molecule has 0 aliphatic carbocycles. The maximum atomic E-state index is 4.49. The van der Waals surface area contributed by atoms with Crippen LogP contribution in [0.5, 0.6) is 0 Å². The van der Waals surface area contributed by atoms with Gasteiger partial charge in [0.15, 0.2) is 0 Å². The molecule has 0 unspecified atom stereocenters. The normalized spacial score (nSPS) is 10.6. The van der Waals surface area contributed by atoms with Gasteiger partial charge in [-0.3, -0.25) is 0 Å². The fourth-order valence-electron chi connectivity index (χ4n) is 1.81. The zero-order chi connectivity index (χ0) is 11.7. The topological polar surface area (TPSA) is 24.9 Å². The van der Waals surface area contributed by atoms with Gasteiger partial charge in [-0.25, -0.2) is 4.98 Å². The second kappa shape index (κ2) is 4.18. The van der Waals surface area contributed by atoms with E-state index in [1.54, 1.807) is 11.3 Å². The Morgan fingerprint density at radius 3 is 2.65 bits per heavy atom. The van der Waals surface area contributed by atoms with Gasteiger partial charge in [0.1, 0.15) is 0 Å². The fourth-order valence-corrected chi connectivity index (χ4v) is 2.62. The molecular weight excluding hydrogens is 228 g/mol. The number of para-hydroxylation sites is 1. The summed E-state index contributed by atoms with van der Waals surface area (Å²) in [6, 6.07) is 16.5. The summed E-state index contributed by atoms with van der Waals surface area (Å²) in [7, 11) is 0. The van der Waals surface area contributed by atoms with E-state index in [1.807, 2.05) is 25.1 Å². The molecule has 1 N–H and O–H groups in total. The van der Waals surface area contributed by atoms with Gasteiger partial charge in [-0.2, -0.15) is 0 Å². The summed E-state index contributed by atoms with van der Waals surface area (Å²) in [5.41, 5.74) is 3.24. The number of nitrogens with zero attached hydrogens (tertiary/aromatic N) is 1. The maximum Gasteiger partial charge on any atom is 0.0907 e.